The molecule has 0 bridgehead atoms. The topological polar surface area (TPSA) is 79.0 Å². The van der Waals surface area contributed by atoms with Gasteiger partial charge in [-0.3, -0.25) is 9.59 Å². The molecule has 0 spiro atoms. The van der Waals surface area contributed by atoms with Crippen molar-refractivity contribution in [2.45, 2.75) is 0 Å². The van der Waals surface area contributed by atoms with Crippen LogP contribution in [0.15, 0.2) is 72.8 Å². The Hall–Kier alpha value is -4.20. The first kappa shape index (κ1) is 23.0. The Morgan fingerprint density at radius 1 is 0.824 bits per heavy atom. The number of rotatable bonds is 5. The molecule has 0 aromatic heterocycles. The van der Waals surface area contributed by atoms with Gasteiger partial charge in [-0.15, -0.1) is 0 Å². The summed E-state index contributed by atoms with van der Waals surface area (Å²) < 4.78 is 18.4. The van der Waals surface area contributed by atoms with Gasteiger partial charge in [0.1, 0.15) is 5.82 Å². The number of anilines is 2. The number of nitrogens with one attached hydrogen (secondary N) is 1. The monoisotopic (exact) mass is 461 g/mol. The Kier molecular flexibility index (Phi) is 6.87. The van der Waals surface area contributed by atoms with Gasteiger partial charge in [-0.2, -0.15) is 0 Å². The van der Waals surface area contributed by atoms with Crippen molar-refractivity contribution in [3.8, 4) is 0 Å². The molecule has 0 radical (unpaired) electrons. The number of nitrogens with zero attached hydrogens (tertiary/aromatic N) is 2. The van der Waals surface area contributed by atoms with E-state index in [0.717, 1.165) is 6.07 Å². The van der Waals surface area contributed by atoms with Gasteiger partial charge in [0.2, 0.25) is 0 Å². The van der Waals surface area contributed by atoms with Crippen molar-refractivity contribution in [3.63, 3.8) is 0 Å². The number of halogens is 1. The lowest BCUT2D eigenvalue weighted by atomic mass is 10.1. The van der Waals surface area contributed by atoms with E-state index >= 15 is 0 Å². The Labute approximate surface area is 196 Å². The second-order valence-corrected chi connectivity index (χ2v) is 7.83. The minimum absolute atomic E-state index is 0.0269. The van der Waals surface area contributed by atoms with Gasteiger partial charge >= 0.3 is 5.97 Å². The van der Waals surface area contributed by atoms with Gasteiger partial charge in [-0.05, 0) is 48.5 Å². The van der Waals surface area contributed by atoms with Crippen molar-refractivity contribution in [2.24, 2.45) is 0 Å². The van der Waals surface area contributed by atoms with Gasteiger partial charge < -0.3 is 19.9 Å². The van der Waals surface area contributed by atoms with Crippen LogP contribution in [0.1, 0.15) is 31.1 Å². The molecule has 34 heavy (non-hydrogen) atoms. The first-order chi connectivity index (χ1) is 16.5. The predicted molar refractivity (Wildman–Crippen MR) is 127 cm³/mol. The van der Waals surface area contributed by atoms with E-state index in [9.17, 15) is 18.8 Å². The Bertz CT molecular complexity index is 1210. The van der Waals surface area contributed by atoms with Crippen molar-refractivity contribution >= 4 is 29.2 Å². The molecule has 1 fully saturated rings. The van der Waals surface area contributed by atoms with Crippen LogP contribution < -0.4 is 10.2 Å². The second-order valence-electron chi connectivity index (χ2n) is 7.83. The highest BCUT2D eigenvalue weighted by atomic mass is 19.1. The van der Waals surface area contributed by atoms with Gasteiger partial charge in [0.05, 0.1) is 24.0 Å². The number of carbonyl (C=O) groups is 3. The van der Waals surface area contributed by atoms with Crippen LogP contribution >= 0.6 is 0 Å². The SMILES string of the molecule is COC(=O)c1ccc(N2CCN(C(=O)c3ccccc3)CC2)c(NC(=O)c2cccc(F)c2)c1. The third-order valence-electron chi connectivity index (χ3n) is 5.68. The van der Waals surface area contributed by atoms with Crippen LogP contribution in [0, 0.1) is 5.82 Å². The van der Waals surface area contributed by atoms with E-state index in [4.69, 9.17) is 4.74 Å². The zero-order chi connectivity index (χ0) is 24.1. The summed E-state index contributed by atoms with van der Waals surface area (Å²) in [6.45, 7) is 2.09. The zero-order valence-corrected chi connectivity index (χ0v) is 18.7. The number of carbonyl (C=O) groups excluding carboxylic acids is 3. The van der Waals surface area contributed by atoms with Crippen molar-refractivity contribution < 1.29 is 23.5 Å². The molecule has 4 rings (SSSR count). The molecular formula is C26H24FN3O4. The summed E-state index contributed by atoms with van der Waals surface area (Å²) in [5, 5.41) is 2.79. The molecule has 1 saturated heterocycles. The van der Waals surface area contributed by atoms with E-state index in [0.29, 0.717) is 43.1 Å². The summed E-state index contributed by atoms with van der Waals surface area (Å²) in [5.74, 6) is -1.58. The molecule has 3 aromatic rings. The zero-order valence-electron chi connectivity index (χ0n) is 18.7. The molecular weight excluding hydrogens is 437 g/mol. The largest absolute Gasteiger partial charge is 0.465 e. The smallest absolute Gasteiger partial charge is 0.337 e. The summed E-state index contributed by atoms with van der Waals surface area (Å²) in [6, 6.07) is 19.4. The highest BCUT2D eigenvalue weighted by Crippen LogP contribution is 2.29. The van der Waals surface area contributed by atoms with Crippen LogP contribution in [0.3, 0.4) is 0 Å². The van der Waals surface area contributed by atoms with Crippen molar-refractivity contribution in [1.82, 2.24) is 4.90 Å². The Morgan fingerprint density at radius 2 is 1.53 bits per heavy atom. The number of hydrogen-bond donors (Lipinski definition) is 1. The number of benzene rings is 3. The number of ether oxygens (including phenoxy) is 1. The van der Waals surface area contributed by atoms with Crippen molar-refractivity contribution in [3.05, 3.63) is 95.3 Å². The number of methoxy groups -OCH3 is 1. The number of amides is 2. The molecule has 0 aliphatic carbocycles. The summed E-state index contributed by atoms with van der Waals surface area (Å²) in [4.78, 5) is 41.4. The van der Waals surface area contributed by atoms with E-state index in [2.05, 4.69) is 5.32 Å². The summed E-state index contributed by atoms with van der Waals surface area (Å²) >= 11 is 0. The normalized spacial score (nSPS) is 13.4. The van der Waals surface area contributed by atoms with Crippen molar-refractivity contribution in [1.29, 1.82) is 0 Å². The van der Waals surface area contributed by atoms with Crippen LogP contribution in [0.5, 0.6) is 0 Å². The van der Waals surface area contributed by atoms with Crippen LogP contribution in [-0.2, 0) is 4.74 Å². The Balaban J connectivity index is 1.54. The number of piperazine rings is 1. The lowest BCUT2D eigenvalue weighted by molar-refractivity contribution is 0.0600. The van der Waals surface area contributed by atoms with Crippen molar-refractivity contribution in [2.75, 3.05) is 43.5 Å². The van der Waals surface area contributed by atoms with Gasteiger partial charge in [-0.25, -0.2) is 9.18 Å². The summed E-state index contributed by atoms with van der Waals surface area (Å²) in [5.41, 5.74) is 2.18. The molecule has 174 valence electrons. The molecule has 0 saturated carbocycles. The molecule has 1 N–H and O–H groups in total. The minimum atomic E-state index is -0.536. The van der Waals surface area contributed by atoms with Crippen LogP contribution in [0.2, 0.25) is 0 Å². The summed E-state index contributed by atoms with van der Waals surface area (Å²) in [6.07, 6.45) is 0. The predicted octanol–water partition coefficient (Wildman–Crippen LogP) is 3.83. The standard InChI is InChI=1S/C26H24FN3O4/c1-34-26(33)20-10-11-23(22(17-20)28-24(31)19-8-5-9-21(27)16-19)29-12-14-30(15-13-29)25(32)18-6-3-2-4-7-18/h2-11,16-17H,12-15H2,1H3,(H,28,31). The molecule has 8 heteroatoms. The average Bonchev–Trinajstić information content (AvgIpc) is 2.88. The molecule has 1 heterocycles. The minimum Gasteiger partial charge on any atom is -0.465 e. The fourth-order valence-electron chi connectivity index (χ4n) is 3.89. The molecule has 7 nitrogen and oxygen atoms in total. The average molecular weight is 461 g/mol. The fourth-order valence-corrected chi connectivity index (χ4v) is 3.89. The van der Waals surface area contributed by atoms with Crippen LogP contribution in [0.4, 0.5) is 15.8 Å². The lowest BCUT2D eigenvalue weighted by Crippen LogP contribution is -2.49. The quantitative estimate of drug-likeness (QED) is 0.585. The molecule has 0 unspecified atom stereocenters. The molecule has 1 aliphatic rings. The van der Waals surface area contributed by atoms with E-state index < -0.39 is 17.7 Å². The van der Waals surface area contributed by atoms with E-state index in [-0.39, 0.29) is 17.0 Å². The van der Waals surface area contributed by atoms with E-state index in [1.807, 2.05) is 23.1 Å². The number of hydrogen-bond acceptors (Lipinski definition) is 5. The van der Waals surface area contributed by atoms with Gasteiger partial charge in [0, 0.05) is 37.3 Å². The highest BCUT2D eigenvalue weighted by Gasteiger charge is 2.24. The Morgan fingerprint density at radius 3 is 2.21 bits per heavy atom. The lowest BCUT2D eigenvalue weighted by Gasteiger charge is -2.37. The maximum atomic E-state index is 13.6. The van der Waals surface area contributed by atoms with E-state index in [1.54, 1.807) is 35.2 Å². The van der Waals surface area contributed by atoms with Crippen LogP contribution in [-0.4, -0.2) is 56.0 Å². The van der Waals surface area contributed by atoms with Gasteiger partial charge in [0.15, 0.2) is 0 Å². The fraction of sp³-hybridized carbons (Fsp3) is 0.192. The van der Waals surface area contributed by atoms with Gasteiger partial charge in [0.25, 0.3) is 11.8 Å². The van der Waals surface area contributed by atoms with E-state index in [1.165, 1.54) is 25.3 Å². The third-order valence-corrected chi connectivity index (χ3v) is 5.68. The number of esters is 1. The molecule has 1 aliphatic heterocycles. The maximum absolute atomic E-state index is 13.6. The second kappa shape index (κ2) is 10.2. The first-order valence-electron chi connectivity index (χ1n) is 10.8. The maximum Gasteiger partial charge on any atom is 0.337 e. The molecule has 0 atom stereocenters. The molecule has 2 amide bonds. The van der Waals surface area contributed by atoms with Crippen LogP contribution in [0.25, 0.3) is 0 Å². The molecule has 3 aromatic carbocycles. The highest BCUT2D eigenvalue weighted by molar-refractivity contribution is 6.07. The van der Waals surface area contributed by atoms with Gasteiger partial charge in [-0.1, -0.05) is 24.3 Å². The third kappa shape index (κ3) is 5.06. The first-order valence-corrected chi connectivity index (χ1v) is 10.8. The summed E-state index contributed by atoms with van der Waals surface area (Å²) in [7, 11) is 1.28.